The minimum absolute atomic E-state index is 0.0122. The van der Waals surface area contributed by atoms with Gasteiger partial charge in [-0.3, -0.25) is 0 Å². The Balaban J connectivity index is 2.07. The third kappa shape index (κ3) is 4.21. The Kier molecular flexibility index (Phi) is 5.82. The molecule has 0 bridgehead atoms. The highest BCUT2D eigenvalue weighted by Crippen LogP contribution is 2.31. The van der Waals surface area contributed by atoms with Crippen LogP contribution in [0, 0.1) is 5.92 Å². The van der Waals surface area contributed by atoms with E-state index in [2.05, 4.69) is 4.74 Å². The third-order valence-electron chi connectivity index (χ3n) is 3.85. The summed E-state index contributed by atoms with van der Waals surface area (Å²) in [5.41, 5.74) is 0.117. The minimum Gasteiger partial charge on any atom is -0.465 e. The molecule has 0 saturated heterocycles. The Labute approximate surface area is 134 Å². The molecule has 22 heavy (non-hydrogen) atoms. The zero-order chi connectivity index (χ0) is 16.2. The number of hydrogen-bond donors (Lipinski definition) is 0. The fourth-order valence-electron chi connectivity index (χ4n) is 2.71. The Morgan fingerprint density at radius 3 is 2.59 bits per heavy atom. The average molecular weight is 348 g/mol. The molecule has 6 nitrogen and oxygen atoms in total. The van der Waals surface area contributed by atoms with Crippen molar-refractivity contribution in [3.05, 3.63) is 16.3 Å². The molecule has 0 spiro atoms. The van der Waals surface area contributed by atoms with Crippen LogP contribution >= 0.6 is 11.3 Å². The van der Waals surface area contributed by atoms with E-state index in [1.54, 1.807) is 0 Å². The molecule has 0 N–H and O–H groups in total. The lowest BCUT2D eigenvalue weighted by molar-refractivity contribution is 0.0599. The number of carbonyl (C=O) groups is 1. The van der Waals surface area contributed by atoms with Gasteiger partial charge in [-0.2, -0.15) is 8.42 Å². The molecular formula is C14H20O6S2. The highest BCUT2D eigenvalue weighted by Gasteiger charge is 2.31. The van der Waals surface area contributed by atoms with Gasteiger partial charge >= 0.3 is 16.1 Å². The molecule has 8 heteroatoms. The van der Waals surface area contributed by atoms with Gasteiger partial charge in [-0.15, -0.1) is 11.3 Å². The maximum absolute atomic E-state index is 12.2. The zero-order valence-corrected chi connectivity index (χ0v) is 14.2. The van der Waals surface area contributed by atoms with Crippen molar-refractivity contribution in [2.45, 2.75) is 31.8 Å². The van der Waals surface area contributed by atoms with E-state index in [0.717, 1.165) is 25.7 Å². The first-order valence-electron chi connectivity index (χ1n) is 7.06. The van der Waals surface area contributed by atoms with Gasteiger partial charge in [0, 0.05) is 17.9 Å². The molecule has 0 amide bonds. The van der Waals surface area contributed by atoms with Crippen LogP contribution in [0.4, 0.5) is 0 Å². The van der Waals surface area contributed by atoms with Crippen molar-refractivity contribution in [1.82, 2.24) is 0 Å². The van der Waals surface area contributed by atoms with Gasteiger partial charge in [0.2, 0.25) is 0 Å². The van der Waals surface area contributed by atoms with E-state index in [4.69, 9.17) is 8.92 Å². The lowest BCUT2D eigenvalue weighted by Crippen LogP contribution is -2.31. The SMILES string of the molecule is COC(=O)c1cscc1OS(=O)(=O)CC(OC)C1CCCC1. The second kappa shape index (κ2) is 7.43. The van der Waals surface area contributed by atoms with Crippen LogP contribution in [0.5, 0.6) is 5.75 Å². The fourth-order valence-corrected chi connectivity index (χ4v) is 4.77. The number of thiophene rings is 1. The smallest absolute Gasteiger partial charge is 0.342 e. The molecule has 1 unspecified atom stereocenters. The first kappa shape index (κ1) is 17.2. The number of rotatable bonds is 7. The Morgan fingerprint density at radius 1 is 1.32 bits per heavy atom. The maximum atomic E-state index is 12.2. The Morgan fingerprint density at radius 2 is 2.00 bits per heavy atom. The van der Waals surface area contributed by atoms with E-state index in [1.807, 2.05) is 0 Å². The number of methoxy groups -OCH3 is 2. The van der Waals surface area contributed by atoms with Crippen LogP contribution in [0.25, 0.3) is 0 Å². The van der Waals surface area contributed by atoms with Crippen LogP contribution in [0.3, 0.4) is 0 Å². The van der Waals surface area contributed by atoms with Crippen LogP contribution < -0.4 is 4.18 Å². The minimum atomic E-state index is -3.84. The molecule has 0 radical (unpaired) electrons. The summed E-state index contributed by atoms with van der Waals surface area (Å²) >= 11 is 1.18. The van der Waals surface area contributed by atoms with E-state index in [-0.39, 0.29) is 29.1 Å². The summed E-state index contributed by atoms with van der Waals surface area (Å²) < 4.78 is 39.5. The number of esters is 1. The summed E-state index contributed by atoms with van der Waals surface area (Å²) in [5, 5.41) is 2.97. The molecule has 124 valence electrons. The highest BCUT2D eigenvalue weighted by molar-refractivity contribution is 7.87. The summed E-state index contributed by atoms with van der Waals surface area (Å²) in [7, 11) is -1.09. The van der Waals surface area contributed by atoms with Gasteiger partial charge in [0.1, 0.15) is 11.3 Å². The number of carbonyl (C=O) groups excluding carboxylic acids is 1. The van der Waals surface area contributed by atoms with Gasteiger partial charge in [-0.05, 0) is 18.8 Å². The van der Waals surface area contributed by atoms with Gasteiger partial charge in [0.15, 0.2) is 5.75 Å². The average Bonchev–Trinajstić information content (AvgIpc) is 3.15. The van der Waals surface area contributed by atoms with E-state index >= 15 is 0 Å². The van der Waals surface area contributed by atoms with Crippen LogP contribution in [-0.2, 0) is 19.6 Å². The van der Waals surface area contributed by atoms with Crippen molar-refractivity contribution in [2.24, 2.45) is 5.92 Å². The second-order valence-corrected chi connectivity index (χ2v) is 7.63. The topological polar surface area (TPSA) is 78.9 Å². The molecule has 1 aromatic rings. The molecule has 0 aromatic carbocycles. The summed E-state index contributed by atoms with van der Waals surface area (Å²) in [6, 6.07) is 0. The number of hydrogen-bond acceptors (Lipinski definition) is 7. The molecular weight excluding hydrogens is 328 g/mol. The first-order chi connectivity index (χ1) is 10.5. The van der Waals surface area contributed by atoms with E-state index in [9.17, 15) is 13.2 Å². The Bertz CT molecular complexity index is 601. The third-order valence-corrected chi connectivity index (χ3v) is 5.74. The lowest BCUT2D eigenvalue weighted by atomic mass is 10.0. The van der Waals surface area contributed by atoms with Crippen LogP contribution in [0.15, 0.2) is 10.8 Å². The lowest BCUT2D eigenvalue weighted by Gasteiger charge is -2.21. The van der Waals surface area contributed by atoms with Gasteiger partial charge in [-0.1, -0.05) is 12.8 Å². The van der Waals surface area contributed by atoms with E-state index in [1.165, 1.54) is 36.3 Å². The van der Waals surface area contributed by atoms with Crippen LogP contribution in [-0.4, -0.2) is 40.5 Å². The standard InChI is InChI=1S/C14H20O6S2/c1-18-13(10-5-3-4-6-10)9-22(16,17)20-12-8-21-7-11(12)14(15)19-2/h7-8,10,13H,3-6,9H2,1-2H3. The molecule has 1 aliphatic rings. The summed E-state index contributed by atoms with van der Waals surface area (Å²) in [6.45, 7) is 0. The zero-order valence-electron chi connectivity index (χ0n) is 12.6. The molecule has 1 atom stereocenters. The van der Waals surface area contributed by atoms with E-state index < -0.39 is 16.1 Å². The van der Waals surface area contributed by atoms with Gasteiger partial charge in [0.25, 0.3) is 0 Å². The monoisotopic (exact) mass is 348 g/mol. The maximum Gasteiger partial charge on any atom is 0.342 e. The fraction of sp³-hybridized carbons (Fsp3) is 0.643. The van der Waals surface area contributed by atoms with Crippen molar-refractivity contribution < 1.29 is 26.9 Å². The molecule has 1 fully saturated rings. The molecule has 1 saturated carbocycles. The molecule has 1 heterocycles. The first-order valence-corrected chi connectivity index (χ1v) is 9.58. The second-order valence-electron chi connectivity index (χ2n) is 5.27. The molecule has 0 aliphatic heterocycles. The normalized spacial score (nSPS) is 17.4. The van der Waals surface area contributed by atoms with Crippen LogP contribution in [0.1, 0.15) is 36.0 Å². The van der Waals surface area contributed by atoms with E-state index in [0.29, 0.717) is 0 Å². The molecule has 1 aromatic heterocycles. The quantitative estimate of drug-likeness (QED) is 0.556. The van der Waals surface area contributed by atoms with Crippen molar-refractivity contribution in [1.29, 1.82) is 0 Å². The summed E-state index contributed by atoms with van der Waals surface area (Å²) in [4.78, 5) is 11.6. The predicted molar refractivity (Wildman–Crippen MR) is 82.8 cm³/mol. The highest BCUT2D eigenvalue weighted by atomic mass is 32.2. The molecule has 2 rings (SSSR count). The summed E-state index contributed by atoms with van der Waals surface area (Å²) in [6.07, 6.45) is 3.76. The Hall–Kier alpha value is -1.12. The van der Waals surface area contributed by atoms with Crippen molar-refractivity contribution in [2.75, 3.05) is 20.0 Å². The van der Waals surface area contributed by atoms with Gasteiger partial charge < -0.3 is 13.7 Å². The van der Waals surface area contributed by atoms with Gasteiger partial charge in [-0.25, -0.2) is 4.79 Å². The van der Waals surface area contributed by atoms with Crippen LogP contribution in [0.2, 0.25) is 0 Å². The van der Waals surface area contributed by atoms with Crippen molar-refractivity contribution >= 4 is 27.4 Å². The predicted octanol–water partition coefficient (Wildman–Crippen LogP) is 2.45. The van der Waals surface area contributed by atoms with Gasteiger partial charge in [0.05, 0.1) is 13.2 Å². The van der Waals surface area contributed by atoms with Crippen molar-refractivity contribution in [3.63, 3.8) is 0 Å². The summed E-state index contributed by atoms with van der Waals surface area (Å²) in [5.74, 6) is -0.584. The molecule has 1 aliphatic carbocycles. The van der Waals surface area contributed by atoms with Crippen molar-refractivity contribution in [3.8, 4) is 5.75 Å². The number of ether oxygens (including phenoxy) is 2. The largest absolute Gasteiger partial charge is 0.465 e.